The van der Waals surface area contributed by atoms with Gasteiger partial charge in [-0.1, -0.05) is 17.7 Å². The SMILES string of the molecule is CN1C(=O)NC2(CCN(c3ncnc4cccc(Cl)c34)CC2)C1=O. The lowest BCUT2D eigenvalue weighted by atomic mass is 9.87. The number of anilines is 1. The lowest BCUT2D eigenvalue weighted by molar-refractivity contribution is -0.131. The van der Waals surface area contributed by atoms with E-state index in [2.05, 4.69) is 20.2 Å². The Bertz CT molecular complexity index is 842. The van der Waals surface area contributed by atoms with Gasteiger partial charge in [0.2, 0.25) is 0 Å². The number of carbonyl (C=O) groups is 2. The molecule has 4 rings (SSSR count). The van der Waals surface area contributed by atoms with Crippen molar-refractivity contribution >= 4 is 40.3 Å². The molecular formula is C16H16ClN5O2. The Morgan fingerprint density at radius 3 is 2.62 bits per heavy atom. The number of hydrogen-bond donors (Lipinski definition) is 1. The predicted octanol–water partition coefficient (Wildman–Crippen LogP) is 1.80. The van der Waals surface area contributed by atoms with Crippen molar-refractivity contribution in [3.05, 3.63) is 29.5 Å². The Hall–Kier alpha value is -2.41. The van der Waals surface area contributed by atoms with E-state index in [9.17, 15) is 9.59 Å². The Balaban J connectivity index is 1.64. The molecule has 2 saturated heterocycles. The summed E-state index contributed by atoms with van der Waals surface area (Å²) in [6, 6.07) is 5.24. The van der Waals surface area contributed by atoms with Crippen molar-refractivity contribution in [3.8, 4) is 0 Å². The van der Waals surface area contributed by atoms with Crippen LogP contribution in [-0.2, 0) is 4.79 Å². The number of carbonyl (C=O) groups excluding carboxylic acids is 2. The monoisotopic (exact) mass is 345 g/mol. The van der Waals surface area contributed by atoms with Gasteiger partial charge in [-0.2, -0.15) is 0 Å². The van der Waals surface area contributed by atoms with Gasteiger partial charge in [-0.3, -0.25) is 9.69 Å². The van der Waals surface area contributed by atoms with Crippen LogP contribution in [0.1, 0.15) is 12.8 Å². The van der Waals surface area contributed by atoms with Crippen LogP contribution in [0.5, 0.6) is 0 Å². The molecule has 1 aromatic carbocycles. The molecule has 0 aliphatic carbocycles. The minimum atomic E-state index is -0.783. The third-order valence-corrected chi connectivity index (χ3v) is 5.19. The number of nitrogens with one attached hydrogen (secondary N) is 1. The van der Waals surface area contributed by atoms with Gasteiger partial charge >= 0.3 is 6.03 Å². The van der Waals surface area contributed by atoms with Crippen LogP contribution in [0.2, 0.25) is 5.02 Å². The highest BCUT2D eigenvalue weighted by molar-refractivity contribution is 6.36. The molecule has 3 heterocycles. The molecule has 2 aromatic rings. The van der Waals surface area contributed by atoms with Gasteiger partial charge in [0, 0.05) is 20.1 Å². The Kier molecular flexibility index (Phi) is 3.35. The van der Waals surface area contributed by atoms with E-state index in [0.717, 1.165) is 21.6 Å². The molecule has 0 unspecified atom stereocenters. The fourth-order valence-electron chi connectivity index (χ4n) is 3.49. The van der Waals surface area contributed by atoms with Crippen LogP contribution in [0.3, 0.4) is 0 Å². The largest absolute Gasteiger partial charge is 0.356 e. The maximum Gasteiger partial charge on any atom is 0.324 e. The highest BCUT2D eigenvalue weighted by atomic mass is 35.5. The van der Waals surface area contributed by atoms with E-state index in [1.165, 1.54) is 13.4 Å². The van der Waals surface area contributed by atoms with Gasteiger partial charge in [-0.15, -0.1) is 0 Å². The Morgan fingerprint density at radius 1 is 1.21 bits per heavy atom. The summed E-state index contributed by atoms with van der Waals surface area (Å²) >= 11 is 6.34. The molecule has 2 fully saturated rings. The van der Waals surface area contributed by atoms with Gasteiger partial charge in [-0.25, -0.2) is 14.8 Å². The van der Waals surface area contributed by atoms with E-state index in [4.69, 9.17) is 11.6 Å². The van der Waals surface area contributed by atoms with Crippen LogP contribution in [0.4, 0.5) is 10.6 Å². The van der Waals surface area contributed by atoms with Crippen LogP contribution in [0.25, 0.3) is 10.9 Å². The second kappa shape index (κ2) is 5.31. The Morgan fingerprint density at radius 2 is 1.96 bits per heavy atom. The quantitative estimate of drug-likeness (QED) is 0.797. The lowest BCUT2D eigenvalue weighted by Gasteiger charge is -2.38. The summed E-state index contributed by atoms with van der Waals surface area (Å²) in [5.41, 5.74) is 0.00682. The van der Waals surface area contributed by atoms with Crippen molar-refractivity contribution in [3.63, 3.8) is 0 Å². The summed E-state index contributed by atoms with van der Waals surface area (Å²) in [4.78, 5) is 36.1. The first kappa shape index (κ1) is 15.1. The molecule has 2 aliphatic rings. The van der Waals surface area contributed by atoms with Gasteiger partial charge in [0.25, 0.3) is 5.91 Å². The topological polar surface area (TPSA) is 78.4 Å². The van der Waals surface area contributed by atoms with E-state index < -0.39 is 5.54 Å². The number of rotatable bonds is 1. The maximum absolute atomic E-state index is 12.4. The zero-order chi connectivity index (χ0) is 16.9. The molecule has 8 heteroatoms. The molecule has 2 aliphatic heterocycles. The number of aromatic nitrogens is 2. The second-order valence-electron chi connectivity index (χ2n) is 6.19. The summed E-state index contributed by atoms with van der Waals surface area (Å²) in [5, 5.41) is 4.26. The molecule has 24 heavy (non-hydrogen) atoms. The van der Waals surface area contributed by atoms with Gasteiger partial charge in [0.15, 0.2) is 0 Å². The predicted molar refractivity (Wildman–Crippen MR) is 90.0 cm³/mol. The number of amides is 3. The first-order valence-electron chi connectivity index (χ1n) is 7.76. The highest BCUT2D eigenvalue weighted by Crippen LogP contribution is 2.34. The molecule has 0 saturated carbocycles. The van der Waals surface area contributed by atoms with Gasteiger partial charge in [-0.05, 0) is 25.0 Å². The molecule has 0 radical (unpaired) electrons. The average Bonchev–Trinajstić information content (AvgIpc) is 2.80. The molecule has 1 aromatic heterocycles. The number of fused-ring (bicyclic) bond motifs is 1. The zero-order valence-electron chi connectivity index (χ0n) is 13.1. The summed E-state index contributed by atoms with van der Waals surface area (Å²) in [7, 11) is 1.51. The smallest absolute Gasteiger partial charge is 0.324 e. The van der Waals surface area contributed by atoms with Crippen molar-refractivity contribution in [1.82, 2.24) is 20.2 Å². The van der Waals surface area contributed by atoms with E-state index in [-0.39, 0.29) is 11.9 Å². The van der Waals surface area contributed by atoms with Crippen LogP contribution in [0, 0.1) is 0 Å². The van der Waals surface area contributed by atoms with Crippen LogP contribution in [-0.4, -0.2) is 52.5 Å². The fraction of sp³-hybridized carbons (Fsp3) is 0.375. The summed E-state index contributed by atoms with van der Waals surface area (Å²) in [6.45, 7) is 1.22. The second-order valence-corrected chi connectivity index (χ2v) is 6.60. The van der Waals surface area contributed by atoms with Gasteiger partial charge < -0.3 is 10.2 Å². The number of likely N-dealkylation sites (N-methyl/N-ethyl adjacent to an activating group) is 1. The molecule has 1 spiro atoms. The molecule has 0 atom stereocenters. The number of piperidine rings is 1. The number of halogens is 1. The minimum Gasteiger partial charge on any atom is -0.356 e. The lowest BCUT2D eigenvalue weighted by Crippen LogP contribution is -2.55. The van der Waals surface area contributed by atoms with E-state index >= 15 is 0 Å². The number of urea groups is 1. The Labute approximate surface area is 143 Å². The van der Waals surface area contributed by atoms with E-state index in [0.29, 0.717) is 31.0 Å². The third-order valence-electron chi connectivity index (χ3n) is 4.87. The van der Waals surface area contributed by atoms with Gasteiger partial charge in [0.1, 0.15) is 17.7 Å². The molecule has 3 amide bonds. The maximum atomic E-state index is 12.4. The van der Waals surface area contributed by atoms with E-state index in [1.807, 2.05) is 18.2 Å². The fourth-order valence-corrected chi connectivity index (χ4v) is 3.74. The van der Waals surface area contributed by atoms with Crippen molar-refractivity contribution in [2.24, 2.45) is 0 Å². The summed E-state index contributed by atoms with van der Waals surface area (Å²) in [6.07, 6.45) is 2.60. The van der Waals surface area contributed by atoms with Crippen molar-refractivity contribution in [1.29, 1.82) is 0 Å². The normalized spacial score (nSPS) is 20.1. The molecular weight excluding hydrogens is 330 g/mol. The molecule has 1 N–H and O–H groups in total. The zero-order valence-corrected chi connectivity index (χ0v) is 13.9. The van der Waals surface area contributed by atoms with Crippen LogP contribution >= 0.6 is 11.6 Å². The number of benzene rings is 1. The first-order valence-corrected chi connectivity index (χ1v) is 8.14. The van der Waals surface area contributed by atoms with Crippen molar-refractivity contribution in [2.45, 2.75) is 18.4 Å². The van der Waals surface area contributed by atoms with Crippen LogP contribution < -0.4 is 10.2 Å². The average molecular weight is 346 g/mol. The molecule has 0 bridgehead atoms. The molecule has 124 valence electrons. The summed E-state index contributed by atoms with van der Waals surface area (Å²) < 4.78 is 0. The van der Waals surface area contributed by atoms with Crippen molar-refractivity contribution < 1.29 is 9.59 Å². The number of imide groups is 1. The minimum absolute atomic E-state index is 0.155. The summed E-state index contributed by atoms with van der Waals surface area (Å²) in [5.74, 6) is 0.614. The molecule has 7 nitrogen and oxygen atoms in total. The van der Waals surface area contributed by atoms with Crippen molar-refractivity contribution in [2.75, 3.05) is 25.0 Å². The van der Waals surface area contributed by atoms with Crippen LogP contribution in [0.15, 0.2) is 24.5 Å². The number of hydrogen-bond acceptors (Lipinski definition) is 5. The number of nitrogens with zero attached hydrogens (tertiary/aromatic N) is 4. The van der Waals surface area contributed by atoms with Gasteiger partial charge in [0.05, 0.1) is 15.9 Å². The first-order chi connectivity index (χ1) is 11.5. The third kappa shape index (κ3) is 2.11. The standard InChI is InChI=1S/C16H16ClN5O2/c1-21-14(23)16(20-15(21)24)5-7-22(8-6-16)13-12-10(17)3-2-4-11(12)18-9-19-13/h2-4,9H,5-8H2,1H3,(H,20,24). The van der Waals surface area contributed by atoms with E-state index in [1.54, 1.807) is 0 Å². The highest BCUT2D eigenvalue weighted by Gasteiger charge is 2.51.